The Bertz CT molecular complexity index is 687. The van der Waals surface area contributed by atoms with Gasteiger partial charge in [0.2, 0.25) is 5.91 Å². The van der Waals surface area contributed by atoms with Crippen molar-refractivity contribution in [2.24, 2.45) is 5.92 Å². The minimum absolute atomic E-state index is 0.0201. The molecule has 0 saturated carbocycles. The third kappa shape index (κ3) is 1.91. The standard InChI is InChI=1S/C13H15N5O2/c1-7-10-3-8(4-15-11(10)17-16-7)13(20)18-5-9(6-18)12(19)14-2/h3-4,9H,5-6H2,1-2H3,(H,14,19)(H,15,16,17). The maximum atomic E-state index is 12.3. The summed E-state index contributed by atoms with van der Waals surface area (Å²) in [5, 5.41) is 10.3. The van der Waals surface area contributed by atoms with Gasteiger partial charge < -0.3 is 10.2 Å². The lowest BCUT2D eigenvalue weighted by Crippen LogP contribution is -2.55. The molecule has 104 valence electrons. The number of hydrogen-bond donors (Lipinski definition) is 2. The van der Waals surface area contributed by atoms with Gasteiger partial charge in [0.1, 0.15) is 0 Å². The van der Waals surface area contributed by atoms with Crippen LogP contribution in [0.3, 0.4) is 0 Å². The quantitative estimate of drug-likeness (QED) is 0.811. The van der Waals surface area contributed by atoms with E-state index in [0.29, 0.717) is 24.3 Å². The van der Waals surface area contributed by atoms with Gasteiger partial charge in [0.25, 0.3) is 5.91 Å². The van der Waals surface area contributed by atoms with E-state index in [1.54, 1.807) is 18.0 Å². The first-order valence-corrected chi connectivity index (χ1v) is 6.41. The highest BCUT2D eigenvalue weighted by molar-refractivity contribution is 5.98. The number of H-pyrrole nitrogens is 1. The molecule has 1 aliphatic heterocycles. The SMILES string of the molecule is CNC(=O)C1CN(C(=O)c2cnc3n[nH]c(C)c3c2)C1. The largest absolute Gasteiger partial charge is 0.359 e. The lowest BCUT2D eigenvalue weighted by atomic mass is 9.98. The fourth-order valence-electron chi connectivity index (χ4n) is 2.33. The van der Waals surface area contributed by atoms with Crippen molar-refractivity contribution in [3.05, 3.63) is 23.5 Å². The summed E-state index contributed by atoms with van der Waals surface area (Å²) in [5.74, 6) is -0.218. The number of hydrogen-bond acceptors (Lipinski definition) is 4. The molecule has 7 heteroatoms. The molecule has 1 saturated heterocycles. The molecule has 0 unspecified atom stereocenters. The van der Waals surface area contributed by atoms with Gasteiger partial charge in [0, 0.05) is 37.4 Å². The van der Waals surface area contributed by atoms with Crippen LogP contribution in [-0.4, -0.2) is 52.0 Å². The number of nitrogens with one attached hydrogen (secondary N) is 2. The van der Waals surface area contributed by atoms with Gasteiger partial charge in [-0.3, -0.25) is 14.7 Å². The lowest BCUT2D eigenvalue weighted by Gasteiger charge is -2.37. The number of pyridine rings is 1. The first-order valence-electron chi connectivity index (χ1n) is 6.41. The maximum absolute atomic E-state index is 12.3. The topological polar surface area (TPSA) is 91.0 Å². The Hall–Kier alpha value is -2.44. The highest BCUT2D eigenvalue weighted by Gasteiger charge is 2.35. The molecule has 2 N–H and O–H groups in total. The fourth-order valence-corrected chi connectivity index (χ4v) is 2.33. The van der Waals surface area contributed by atoms with Crippen LogP contribution in [0, 0.1) is 12.8 Å². The zero-order chi connectivity index (χ0) is 14.3. The molecule has 20 heavy (non-hydrogen) atoms. The summed E-state index contributed by atoms with van der Waals surface area (Å²) in [6.07, 6.45) is 1.53. The molecule has 2 amide bonds. The van der Waals surface area contributed by atoms with E-state index in [-0.39, 0.29) is 17.7 Å². The van der Waals surface area contributed by atoms with Crippen LogP contribution in [0.4, 0.5) is 0 Å². The van der Waals surface area contributed by atoms with Crippen molar-refractivity contribution >= 4 is 22.8 Å². The monoisotopic (exact) mass is 273 g/mol. The summed E-state index contributed by atoms with van der Waals surface area (Å²) >= 11 is 0. The second kappa shape index (κ2) is 4.59. The van der Waals surface area contributed by atoms with Crippen LogP contribution in [0.1, 0.15) is 16.1 Å². The first-order chi connectivity index (χ1) is 9.60. The Morgan fingerprint density at radius 1 is 1.45 bits per heavy atom. The number of nitrogens with zero attached hydrogens (tertiary/aromatic N) is 3. The van der Waals surface area contributed by atoms with E-state index in [9.17, 15) is 9.59 Å². The molecule has 0 spiro atoms. The molecule has 0 atom stereocenters. The summed E-state index contributed by atoms with van der Waals surface area (Å²) in [6, 6.07) is 1.79. The predicted octanol–water partition coefficient (Wildman–Crippen LogP) is 0.0843. The van der Waals surface area contributed by atoms with Gasteiger partial charge in [-0.25, -0.2) is 4.98 Å². The van der Waals surface area contributed by atoms with E-state index in [1.165, 1.54) is 6.20 Å². The molecule has 3 heterocycles. The van der Waals surface area contributed by atoms with Crippen LogP contribution >= 0.6 is 0 Å². The summed E-state index contributed by atoms with van der Waals surface area (Å²) < 4.78 is 0. The molecule has 0 aromatic carbocycles. The molecular weight excluding hydrogens is 258 g/mol. The first kappa shape index (κ1) is 12.6. The number of aromatic amines is 1. The summed E-state index contributed by atoms with van der Waals surface area (Å²) in [5.41, 5.74) is 2.01. The van der Waals surface area contributed by atoms with E-state index < -0.39 is 0 Å². The maximum Gasteiger partial charge on any atom is 0.255 e. The number of carbonyl (C=O) groups is 2. The van der Waals surface area contributed by atoms with Crippen molar-refractivity contribution in [3.8, 4) is 0 Å². The Balaban J connectivity index is 1.77. The summed E-state index contributed by atoms with van der Waals surface area (Å²) in [7, 11) is 1.60. The number of aryl methyl sites for hydroxylation is 1. The Morgan fingerprint density at radius 3 is 2.90 bits per heavy atom. The molecule has 2 aromatic rings. The average Bonchev–Trinajstić information content (AvgIpc) is 2.78. The predicted molar refractivity (Wildman–Crippen MR) is 72.1 cm³/mol. The Labute approximate surface area is 115 Å². The lowest BCUT2D eigenvalue weighted by molar-refractivity contribution is -0.128. The van der Waals surface area contributed by atoms with Crippen LogP contribution in [0.2, 0.25) is 0 Å². The minimum Gasteiger partial charge on any atom is -0.359 e. The van der Waals surface area contributed by atoms with Crippen molar-refractivity contribution in [3.63, 3.8) is 0 Å². The third-order valence-electron chi connectivity index (χ3n) is 3.63. The molecule has 7 nitrogen and oxygen atoms in total. The highest BCUT2D eigenvalue weighted by Crippen LogP contribution is 2.21. The van der Waals surface area contributed by atoms with Crippen molar-refractivity contribution in [1.29, 1.82) is 0 Å². The van der Waals surface area contributed by atoms with E-state index in [1.807, 2.05) is 6.92 Å². The van der Waals surface area contributed by atoms with Gasteiger partial charge in [-0.1, -0.05) is 0 Å². The molecule has 0 radical (unpaired) electrons. The van der Waals surface area contributed by atoms with Gasteiger partial charge in [-0.05, 0) is 13.0 Å². The van der Waals surface area contributed by atoms with Crippen molar-refractivity contribution in [1.82, 2.24) is 25.4 Å². The summed E-state index contributed by atoms with van der Waals surface area (Å²) in [6.45, 7) is 2.80. The number of carbonyl (C=O) groups excluding carboxylic acids is 2. The van der Waals surface area contributed by atoms with Crippen LogP contribution in [0.15, 0.2) is 12.3 Å². The van der Waals surface area contributed by atoms with Crippen LogP contribution in [0.5, 0.6) is 0 Å². The minimum atomic E-state index is -0.101. The average molecular weight is 273 g/mol. The van der Waals surface area contributed by atoms with E-state index in [0.717, 1.165) is 11.1 Å². The van der Waals surface area contributed by atoms with E-state index in [4.69, 9.17) is 0 Å². The van der Waals surface area contributed by atoms with Gasteiger partial charge in [-0.15, -0.1) is 0 Å². The van der Waals surface area contributed by atoms with Crippen molar-refractivity contribution in [2.45, 2.75) is 6.92 Å². The van der Waals surface area contributed by atoms with Gasteiger partial charge >= 0.3 is 0 Å². The molecule has 3 rings (SSSR count). The Kier molecular flexibility index (Phi) is 2.89. The summed E-state index contributed by atoms with van der Waals surface area (Å²) in [4.78, 5) is 29.5. The van der Waals surface area contributed by atoms with Gasteiger partial charge in [0.15, 0.2) is 5.65 Å². The van der Waals surface area contributed by atoms with Crippen LogP contribution in [0.25, 0.3) is 11.0 Å². The molecular formula is C13H15N5O2. The van der Waals surface area contributed by atoms with Gasteiger partial charge in [0.05, 0.1) is 11.5 Å². The van der Waals surface area contributed by atoms with E-state index >= 15 is 0 Å². The Morgan fingerprint density at radius 2 is 2.20 bits per heavy atom. The number of amides is 2. The van der Waals surface area contributed by atoms with Crippen molar-refractivity contribution < 1.29 is 9.59 Å². The van der Waals surface area contributed by atoms with E-state index in [2.05, 4.69) is 20.5 Å². The number of aromatic nitrogens is 3. The normalized spacial score (nSPS) is 15.2. The van der Waals surface area contributed by atoms with Crippen LogP contribution < -0.4 is 5.32 Å². The molecule has 2 aromatic heterocycles. The second-order valence-corrected chi connectivity index (χ2v) is 4.97. The third-order valence-corrected chi connectivity index (χ3v) is 3.63. The molecule has 0 aliphatic carbocycles. The van der Waals surface area contributed by atoms with Crippen molar-refractivity contribution in [2.75, 3.05) is 20.1 Å². The zero-order valence-electron chi connectivity index (χ0n) is 11.3. The number of fused-ring (bicyclic) bond motifs is 1. The second-order valence-electron chi connectivity index (χ2n) is 4.97. The smallest absolute Gasteiger partial charge is 0.255 e. The zero-order valence-corrected chi connectivity index (χ0v) is 11.3. The number of rotatable bonds is 2. The van der Waals surface area contributed by atoms with Crippen LogP contribution in [-0.2, 0) is 4.79 Å². The molecule has 1 aliphatic rings. The highest BCUT2D eigenvalue weighted by atomic mass is 16.2. The fraction of sp³-hybridized carbons (Fsp3) is 0.385. The molecule has 1 fully saturated rings. The molecule has 0 bridgehead atoms. The number of likely N-dealkylation sites (tertiary alicyclic amines) is 1. The van der Waals surface area contributed by atoms with Gasteiger partial charge in [-0.2, -0.15) is 5.10 Å².